The van der Waals surface area contributed by atoms with Crippen molar-refractivity contribution in [2.75, 3.05) is 0 Å². The Balaban J connectivity index is 1.72. The summed E-state index contributed by atoms with van der Waals surface area (Å²) in [5.74, 6) is 0.104. The van der Waals surface area contributed by atoms with Crippen LogP contribution in [0.1, 0.15) is 23.5 Å². The zero-order chi connectivity index (χ0) is 16.5. The van der Waals surface area contributed by atoms with E-state index in [-0.39, 0.29) is 12.0 Å². The van der Waals surface area contributed by atoms with Crippen LogP contribution in [0, 0.1) is 11.3 Å². The molecule has 0 N–H and O–H groups in total. The van der Waals surface area contributed by atoms with Gasteiger partial charge in [-0.3, -0.25) is 4.99 Å². The van der Waals surface area contributed by atoms with Crippen LogP contribution in [-0.4, -0.2) is 11.8 Å². The number of halogens is 1. The summed E-state index contributed by atoms with van der Waals surface area (Å²) in [5.41, 5.74) is 3.29. The van der Waals surface area contributed by atoms with Crippen molar-refractivity contribution in [3.63, 3.8) is 0 Å². The Morgan fingerprint density at radius 2 is 1.71 bits per heavy atom. The fourth-order valence-electron chi connectivity index (χ4n) is 3.37. The van der Waals surface area contributed by atoms with E-state index in [0.717, 1.165) is 27.7 Å². The van der Waals surface area contributed by atoms with Gasteiger partial charge in [-0.25, -0.2) is 0 Å². The molecule has 2 nitrogen and oxygen atoms in total. The normalized spacial score (nSPS) is 19.9. The van der Waals surface area contributed by atoms with Gasteiger partial charge in [0.1, 0.15) is 6.04 Å². The molecule has 3 aromatic rings. The molecule has 0 fully saturated rings. The van der Waals surface area contributed by atoms with E-state index in [1.54, 1.807) is 0 Å². The van der Waals surface area contributed by atoms with E-state index in [4.69, 9.17) is 4.99 Å². The Labute approximate surface area is 149 Å². The van der Waals surface area contributed by atoms with Crippen molar-refractivity contribution in [1.29, 1.82) is 5.26 Å². The Hall–Kier alpha value is -2.44. The van der Waals surface area contributed by atoms with Gasteiger partial charge in [0.25, 0.3) is 0 Å². The van der Waals surface area contributed by atoms with Crippen LogP contribution in [0.5, 0.6) is 0 Å². The summed E-state index contributed by atoms with van der Waals surface area (Å²) in [5, 5.41) is 12.0. The Kier molecular flexibility index (Phi) is 3.92. The number of hydrogen-bond donors (Lipinski definition) is 0. The maximum absolute atomic E-state index is 9.55. The zero-order valence-electron chi connectivity index (χ0n) is 13.0. The van der Waals surface area contributed by atoms with Gasteiger partial charge in [0.15, 0.2) is 0 Å². The van der Waals surface area contributed by atoms with Gasteiger partial charge in [0, 0.05) is 16.1 Å². The Bertz CT molecular complexity index is 984. The van der Waals surface area contributed by atoms with Crippen LogP contribution in [-0.2, 0) is 0 Å². The summed E-state index contributed by atoms with van der Waals surface area (Å²) < 4.78 is 1.05. The highest BCUT2D eigenvalue weighted by Crippen LogP contribution is 2.37. The van der Waals surface area contributed by atoms with Crippen molar-refractivity contribution in [2.24, 2.45) is 4.99 Å². The number of nitriles is 1. The van der Waals surface area contributed by atoms with Crippen LogP contribution >= 0.6 is 15.9 Å². The SMILES string of the molecule is N#C[C@@H]1N=C(c2ccc3ccccc3c2)C[C@H]1c1ccccc1Br. The molecular formula is C21H15BrN2. The largest absolute Gasteiger partial charge is 0.270 e. The van der Waals surface area contributed by atoms with Gasteiger partial charge in [0.05, 0.1) is 6.07 Å². The number of benzene rings is 3. The first-order chi connectivity index (χ1) is 11.8. The number of nitrogens with zero attached hydrogens (tertiary/aromatic N) is 2. The fourth-order valence-corrected chi connectivity index (χ4v) is 3.95. The molecule has 0 saturated heterocycles. The van der Waals surface area contributed by atoms with Gasteiger partial charge in [0.2, 0.25) is 0 Å². The molecule has 0 saturated carbocycles. The third-order valence-electron chi connectivity index (χ3n) is 4.61. The molecular weight excluding hydrogens is 360 g/mol. The molecule has 2 atom stereocenters. The molecule has 0 aliphatic carbocycles. The van der Waals surface area contributed by atoms with Crippen LogP contribution in [0.3, 0.4) is 0 Å². The van der Waals surface area contributed by atoms with E-state index in [1.165, 1.54) is 10.8 Å². The molecule has 24 heavy (non-hydrogen) atoms. The van der Waals surface area contributed by atoms with Crippen LogP contribution in [0.25, 0.3) is 10.8 Å². The van der Waals surface area contributed by atoms with Gasteiger partial charge in [-0.05, 0) is 40.5 Å². The second-order valence-corrected chi connectivity index (χ2v) is 6.90. The molecule has 1 heterocycles. The first-order valence-electron chi connectivity index (χ1n) is 7.96. The molecule has 3 heteroatoms. The molecule has 116 valence electrons. The van der Waals surface area contributed by atoms with Crippen molar-refractivity contribution in [3.8, 4) is 6.07 Å². The predicted octanol–water partition coefficient (Wildman–Crippen LogP) is 5.47. The molecule has 1 aliphatic heterocycles. The molecule has 0 radical (unpaired) electrons. The van der Waals surface area contributed by atoms with E-state index < -0.39 is 0 Å². The Morgan fingerprint density at radius 3 is 2.50 bits per heavy atom. The molecule has 0 spiro atoms. The smallest absolute Gasteiger partial charge is 0.144 e. The average Bonchev–Trinajstić information content (AvgIpc) is 3.06. The maximum atomic E-state index is 9.55. The van der Waals surface area contributed by atoms with E-state index in [1.807, 2.05) is 30.3 Å². The van der Waals surface area contributed by atoms with E-state index >= 15 is 0 Å². The minimum Gasteiger partial charge on any atom is -0.270 e. The zero-order valence-corrected chi connectivity index (χ0v) is 14.6. The quantitative estimate of drug-likeness (QED) is 0.585. The van der Waals surface area contributed by atoms with Crippen molar-refractivity contribution < 1.29 is 0 Å². The molecule has 0 unspecified atom stereocenters. The highest BCUT2D eigenvalue weighted by atomic mass is 79.9. The van der Waals surface area contributed by atoms with Gasteiger partial charge in [-0.15, -0.1) is 0 Å². The lowest BCUT2D eigenvalue weighted by Crippen LogP contribution is -2.10. The van der Waals surface area contributed by atoms with E-state index in [2.05, 4.69) is 58.4 Å². The Morgan fingerprint density at radius 1 is 0.958 bits per heavy atom. The second kappa shape index (κ2) is 6.22. The highest BCUT2D eigenvalue weighted by Gasteiger charge is 2.32. The fraction of sp³-hybridized carbons (Fsp3) is 0.143. The standard InChI is InChI=1S/C21H15BrN2/c22-19-8-4-3-7-17(19)18-12-20(24-21(18)13-23)16-10-9-14-5-1-2-6-15(14)11-16/h1-11,18,21H,12H2/t18-,21-/m0/s1. The number of hydrogen-bond acceptors (Lipinski definition) is 2. The van der Waals surface area contributed by atoms with E-state index in [9.17, 15) is 5.26 Å². The predicted molar refractivity (Wildman–Crippen MR) is 101 cm³/mol. The average molecular weight is 375 g/mol. The molecule has 3 aromatic carbocycles. The maximum Gasteiger partial charge on any atom is 0.144 e. The molecule has 0 amide bonds. The van der Waals surface area contributed by atoms with Crippen LogP contribution in [0.4, 0.5) is 0 Å². The second-order valence-electron chi connectivity index (χ2n) is 6.04. The van der Waals surface area contributed by atoms with Crippen molar-refractivity contribution in [3.05, 3.63) is 82.3 Å². The third-order valence-corrected chi connectivity index (χ3v) is 5.33. The minimum atomic E-state index is -0.329. The van der Waals surface area contributed by atoms with E-state index in [0.29, 0.717) is 0 Å². The van der Waals surface area contributed by atoms with Crippen molar-refractivity contribution in [2.45, 2.75) is 18.4 Å². The molecule has 1 aliphatic rings. The van der Waals surface area contributed by atoms with Gasteiger partial charge < -0.3 is 0 Å². The molecule has 4 rings (SSSR count). The topological polar surface area (TPSA) is 36.1 Å². The minimum absolute atomic E-state index is 0.104. The number of rotatable bonds is 2. The summed E-state index contributed by atoms with van der Waals surface area (Å²) >= 11 is 3.61. The van der Waals surface area contributed by atoms with Gasteiger partial charge in [-0.2, -0.15) is 5.26 Å². The van der Waals surface area contributed by atoms with Crippen LogP contribution < -0.4 is 0 Å². The summed E-state index contributed by atoms with van der Waals surface area (Å²) in [6.07, 6.45) is 0.791. The molecule has 0 aromatic heterocycles. The molecule has 0 bridgehead atoms. The number of fused-ring (bicyclic) bond motifs is 1. The van der Waals surface area contributed by atoms with Crippen molar-refractivity contribution in [1.82, 2.24) is 0 Å². The monoisotopic (exact) mass is 374 g/mol. The summed E-state index contributed by atoms with van der Waals surface area (Å²) in [6, 6.07) is 24.9. The number of aliphatic imine (C=N–C) groups is 1. The third kappa shape index (κ3) is 2.64. The van der Waals surface area contributed by atoms with Crippen LogP contribution in [0.15, 0.2) is 76.2 Å². The summed E-state index contributed by atoms with van der Waals surface area (Å²) in [7, 11) is 0. The lowest BCUT2D eigenvalue weighted by Gasteiger charge is -2.14. The van der Waals surface area contributed by atoms with Gasteiger partial charge >= 0.3 is 0 Å². The van der Waals surface area contributed by atoms with Crippen LogP contribution in [0.2, 0.25) is 0 Å². The lowest BCUT2D eigenvalue weighted by molar-refractivity contribution is 0.684. The first-order valence-corrected chi connectivity index (χ1v) is 8.75. The first kappa shape index (κ1) is 15.1. The summed E-state index contributed by atoms with van der Waals surface area (Å²) in [4.78, 5) is 4.72. The highest BCUT2D eigenvalue weighted by molar-refractivity contribution is 9.10. The lowest BCUT2D eigenvalue weighted by atomic mass is 9.89. The van der Waals surface area contributed by atoms with Gasteiger partial charge in [-0.1, -0.05) is 70.5 Å². The summed E-state index contributed by atoms with van der Waals surface area (Å²) in [6.45, 7) is 0. The van der Waals surface area contributed by atoms with Crippen molar-refractivity contribution >= 4 is 32.4 Å².